The molecule has 1 saturated heterocycles. The number of aromatic nitrogens is 3. The van der Waals surface area contributed by atoms with Crippen LogP contribution < -0.4 is 5.32 Å². The van der Waals surface area contributed by atoms with Gasteiger partial charge in [-0.3, -0.25) is 14.6 Å². The van der Waals surface area contributed by atoms with Gasteiger partial charge in [0.2, 0.25) is 17.6 Å². The van der Waals surface area contributed by atoms with E-state index in [1.165, 1.54) is 5.56 Å². The van der Waals surface area contributed by atoms with Crippen molar-refractivity contribution in [1.82, 2.24) is 25.1 Å². The van der Waals surface area contributed by atoms with Gasteiger partial charge in [-0.15, -0.1) is 0 Å². The van der Waals surface area contributed by atoms with Crippen LogP contribution in [0.1, 0.15) is 30.6 Å². The molecule has 2 aromatic heterocycles. The zero-order valence-electron chi connectivity index (χ0n) is 18.2. The SMILES string of the molecule is CCC(C(=O)Nc1cc(C)on1)N1CCN(Cc2nc(-c3ccc(C)cc3)no2)CC1. The molecule has 9 heteroatoms. The Bertz CT molecular complexity index is 1000. The molecule has 0 spiro atoms. The number of carbonyl (C=O) groups is 1. The van der Waals surface area contributed by atoms with Gasteiger partial charge in [0.05, 0.1) is 12.6 Å². The molecule has 31 heavy (non-hydrogen) atoms. The maximum Gasteiger partial charge on any atom is 0.242 e. The average molecular weight is 425 g/mol. The molecule has 164 valence electrons. The molecule has 9 nitrogen and oxygen atoms in total. The van der Waals surface area contributed by atoms with Crippen LogP contribution in [0, 0.1) is 13.8 Å². The van der Waals surface area contributed by atoms with Gasteiger partial charge in [-0.1, -0.05) is 47.1 Å². The van der Waals surface area contributed by atoms with Gasteiger partial charge < -0.3 is 14.4 Å². The first-order chi connectivity index (χ1) is 15.0. The van der Waals surface area contributed by atoms with Crippen LogP contribution in [-0.4, -0.2) is 63.2 Å². The molecule has 1 fully saturated rings. The van der Waals surface area contributed by atoms with Gasteiger partial charge >= 0.3 is 0 Å². The minimum absolute atomic E-state index is 0.0520. The number of hydrogen-bond acceptors (Lipinski definition) is 8. The molecular formula is C22H28N6O3. The molecule has 1 atom stereocenters. The van der Waals surface area contributed by atoms with E-state index in [2.05, 4.69) is 30.4 Å². The summed E-state index contributed by atoms with van der Waals surface area (Å²) in [7, 11) is 0. The van der Waals surface area contributed by atoms with E-state index in [1.807, 2.05) is 38.1 Å². The molecule has 1 aliphatic rings. The van der Waals surface area contributed by atoms with Gasteiger partial charge in [-0.25, -0.2) is 0 Å². The van der Waals surface area contributed by atoms with Crippen LogP contribution in [0.4, 0.5) is 5.82 Å². The van der Waals surface area contributed by atoms with E-state index in [-0.39, 0.29) is 11.9 Å². The molecule has 0 radical (unpaired) electrons. The van der Waals surface area contributed by atoms with Gasteiger partial charge in [0, 0.05) is 37.8 Å². The summed E-state index contributed by atoms with van der Waals surface area (Å²) >= 11 is 0. The first-order valence-electron chi connectivity index (χ1n) is 10.6. The molecule has 0 aliphatic carbocycles. The second-order valence-electron chi connectivity index (χ2n) is 7.93. The molecule has 0 saturated carbocycles. The van der Waals surface area contributed by atoms with Crippen molar-refractivity contribution in [3.63, 3.8) is 0 Å². The predicted octanol–water partition coefficient (Wildman–Crippen LogP) is 2.88. The van der Waals surface area contributed by atoms with Crippen LogP contribution in [0.15, 0.2) is 39.4 Å². The molecule has 1 N–H and O–H groups in total. The van der Waals surface area contributed by atoms with Crippen molar-refractivity contribution in [2.24, 2.45) is 0 Å². The first kappa shape index (κ1) is 21.2. The molecule has 3 heterocycles. The Balaban J connectivity index is 1.30. The highest BCUT2D eigenvalue weighted by molar-refractivity contribution is 5.94. The number of piperazine rings is 1. The van der Waals surface area contributed by atoms with Crippen molar-refractivity contribution < 1.29 is 13.8 Å². The Morgan fingerprint density at radius 1 is 1.10 bits per heavy atom. The number of nitrogens with zero attached hydrogens (tertiary/aromatic N) is 5. The fraction of sp³-hybridized carbons (Fsp3) is 0.455. The second-order valence-corrected chi connectivity index (χ2v) is 7.93. The first-order valence-corrected chi connectivity index (χ1v) is 10.6. The van der Waals surface area contributed by atoms with Crippen molar-refractivity contribution in [1.29, 1.82) is 0 Å². The number of benzene rings is 1. The lowest BCUT2D eigenvalue weighted by Crippen LogP contribution is -2.53. The number of nitrogens with one attached hydrogen (secondary N) is 1. The van der Waals surface area contributed by atoms with Crippen molar-refractivity contribution in [2.75, 3.05) is 31.5 Å². The van der Waals surface area contributed by atoms with Gasteiger partial charge in [0.15, 0.2) is 5.82 Å². The van der Waals surface area contributed by atoms with E-state index in [9.17, 15) is 4.79 Å². The van der Waals surface area contributed by atoms with Crippen LogP contribution in [-0.2, 0) is 11.3 Å². The predicted molar refractivity (Wildman–Crippen MR) is 115 cm³/mol. The van der Waals surface area contributed by atoms with E-state index in [4.69, 9.17) is 9.05 Å². The van der Waals surface area contributed by atoms with Gasteiger partial charge in [-0.05, 0) is 20.3 Å². The maximum atomic E-state index is 12.7. The van der Waals surface area contributed by atoms with Crippen LogP contribution in [0.2, 0.25) is 0 Å². The molecule has 4 rings (SSSR count). The highest BCUT2D eigenvalue weighted by Gasteiger charge is 2.29. The third kappa shape index (κ3) is 5.18. The molecule has 3 aromatic rings. The topological polar surface area (TPSA) is 101 Å². The van der Waals surface area contributed by atoms with Crippen LogP contribution >= 0.6 is 0 Å². The zero-order valence-corrected chi connectivity index (χ0v) is 18.2. The molecule has 1 amide bonds. The smallest absolute Gasteiger partial charge is 0.242 e. The quantitative estimate of drug-likeness (QED) is 0.618. The van der Waals surface area contributed by atoms with Gasteiger partial charge in [-0.2, -0.15) is 4.98 Å². The van der Waals surface area contributed by atoms with Crippen molar-refractivity contribution in [2.45, 2.75) is 39.8 Å². The normalized spacial score (nSPS) is 16.4. The lowest BCUT2D eigenvalue weighted by molar-refractivity contribution is -0.122. The van der Waals surface area contributed by atoms with Crippen LogP contribution in [0.5, 0.6) is 0 Å². The lowest BCUT2D eigenvalue weighted by Gasteiger charge is -2.37. The van der Waals surface area contributed by atoms with Crippen molar-refractivity contribution in [3.05, 3.63) is 47.5 Å². The fourth-order valence-corrected chi connectivity index (χ4v) is 3.81. The summed E-state index contributed by atoms with van der Waals surface area (Å²) in [4.78, 5) is 21.7. The Morgan fingerprint density at radius 2 is 1.84 bits per heavy atom. The summed E-state index contributed by atoms with van der Waals surface area (Å²) in [5, 5.41) is 10.8. The maximum absolute atomic E-state index is 12.7. The van der Waals surface area contributed by atoms with E-state index in [1.54, 1.807) is 13.0 Å². The highest BCUT2D eigenvalue weighted by Crippen LogP contribution is 2.18. The molecule has 0 bridgehead atoms. The minimum Gasteiger partial charge on any atom is -0.360 e. The summed E-state index contributed by atoms with van der Waals surface area (Å²) in [5.74, 6) is 2.29. The molecule has 1 unspecified atom stereocenters. The highest BCUT2D eigenvalue weighted by atomic mass is 16.5. The van der Waals surface area contributed by atoms with Gasteiger partial charge in [0.25, 0.3) is 0 Å². The number of carbonyl (C=O) groups excluding carboxylic acids is 1. The largest absolute Gasteiger partial charge is 0.360 e. The monoisotopic (exact) mass is 424 g/mol. The van der Waals surface area contributed by atoms with E-state index in [0.29, 0.717) is 29.8 Å². The van der Waals surface area contributed by atoms with Crippen molar-refractivity contribution in [3.8, 4) is 11.4 Å². The van der Waals surface area contributed by atoms with Crippen molar-refractivity contribution >= 4 is 11.7 Å². The number of rotatable bonds is 7. The van der Waals surface area contributed by atoms with Crippen LogP contribution in [0.3, 0.4) is 0 Å². The number of hydrogen-bond donors (Lipinski definition) is 1. The van der Waals surface area contributed by atoms with E-state index >= 15 is 0 Å². The van der Waals surface area contributed by atoms with Crippen LogP contribution in [0.25, 0.3) is 11.4 Å². The lowest BCUT2D eigenvalue weighted by atomic mass is 10.1. The molecular weight excluding hydrogens is 396 g/mol. The summed E-state index contributed by atoms with van der Waals surface area (Å²) in [6, 6.07) is 9.59. The Labute approximate surface area is 181 Å². The average Bonchev–Trinajstić information content (AvgIpc) is 3.39. The summed E-state index contributed by atoms with van der Waals surface area (Å²) in [5.41, 5.74) is 2.14. The minimum atomic E-state index is -0.198. The summed E-state index contributed by atoms with van der Waals surface area (Å²) in [6.07, 6.45) is 0.728. The zero-order chi connectivity index (χ0) is 21.8. The Kier molecular flexibility index (Phi) is 6.43. The summed E-state index contributed by atoms with van der Waals surface area (Å²) in [6.45, 7) is 9.72. The standard InChI is InChI=1S/C22H28N6O3/c1-4-18(22(29)23-19-13-16(3)30-25-19)28-11-9-27(10-12-28)14-20-24-21(26-31-20)17-7-5-15(2)6-8-17/h5-8,13,18H,4,9-12,14H2,1-3H3,(H,23,25,29). The Morgan fingerprint density at radius 3 is 2.48 bits per heavy atom. The van der Waals surface area contributed by atoms with Gasteiger partial charge in [0.1, 0.15) is 5.76 Å². The Hall–Kier alpha value is -3.04. The fourth-order valence-electron chi connectivity index (χ4n) is 3.81. The number of anilines is 1. The third-order valence-corrected chi connectivity index (χ3v) is 5.55. The third-order valence-electron chi connectivity index (χ3n) is 5.55. The second kappa shape index (κ2) is 9.40. The molecule has 1 aliphatic heterocycles. The number of amides is 1. The van der Waals surface area contributed by atoms with E-state index < -0.39 is 0 Å². The van der Waals surface area contributed by atoms with E-state index in [0.717, 1.165) is 38.2 Å². The number of aryl methyl sites for hydroxylation is 2. The molecule has 1 aromatic carbocycles. The summed E-state index contributed by atoms with van der Waals surface area (Å²) < 4.78 is 10.5.